The van der Waals surface area contributed by atoms with Gasteiger partial charge in [-0.2, -0.15) is 5.10 Å². The summed E-state index contributed by atoms with van der Waals surface area (Å²) in [4.78, 5) is 5.55. The summed E-state index contributed by atoms with van der Waals surface area (Å²) in [5.41, 5.74) is 2.94. The van der Waals surface area contributed by atoms with E-state index in [0.29, 0.717) is 12.4 Å². The molecule has 1 aromatic carbocycles. The van der Waals surface area contributed by atoms with Crippen molar-refractivity contribution in [1.82, 2.24) is 14.8 Å². The van der Waals surface area contributed by atoms with Crippen molar-refractivity contribution >= 4 is 11.3 Å². The maximum Gasteiger partial charge on any atom is 0.236 e. The summed E-state index contributed by atoms with van der Waals surface area (Å²) in [7, 11) is 0. The second-order valence-electron chi connectivity index (χ2n) is 4.89. The highest BCUT2D eigenvalue weighted by Crippen LogP contribution is 2.24. The van der Waals surface area contributed by atoms with E-state index < -0.39 is 0 Å². The van der Waals surface area contributed by atoms with E-state index in [4.69, 9.17) is 4.42 Å². The van der Waals surface area contributed by atoms with E-state index in [2.05, 4.69) is 22.2 Å². The molecule has 0 aliphatic rings. The van der Waals surface area contributed by atoms with Crippen LogP contribution in [0.4, 0.5) is 0 Å². The summed E-state index contributed by atoms with van der Waals surface area (Å²) in [5, 5.41) is 6.60. The number of thiophene rings is 1. The highest BCUT2D eigenvalue weighted by Gasteiger charge is 2.09. The molecule has 0 fully saturated rings. The smallest absolute Gasteiger partial charge is 0.236 e. The zero-order chi connectivity index (χ0) is 14.8. The van der Waals surface area contributed by atoms with Crippen molar-refractivity contribution in [1.29, 1.82) is 0 Å². The number of hydrogen-bond donors (Lipinski definition) is 0. The Balaban J connectivity index is 1.54. The fourth-order valence-electron chi connectivity index (χ4n) is 2.27. The third-order valence-corrected chi connectivity index (χ3v) is 4.18. The topological polar surface area (TPSA) is 43.9 Å². The Morgan fingerprint density at radius 2 is 1.95 bits per heavy atom. The van der Waals surface area contributed by atoms with Crippen LogP contribution in [0.5, 0.6) is 0 Å². The molecule has 0 saturated heterocycles. The first-order valence-electron chi connectivity index (χ1n) is 6.96. The summed E-state index contributed by atoms with van der Waals surface area (Å²) in [6, 6.07) is 16.1. The summed E-state index contributed by atoms with van der Waals surface area (Å²) in [5.74, 6) is 0.667. The van der Waals surface area contributed by atoms with Crippen LogP contribution in [-0.4, -0.2) is 14.8 Å². The molecule has 0 radical (unpaired) electrons. The van der Waals surface area contributed by atoms with Crippen LogP contribution in [0.25, 0.3) is 22.0 Å². The standard InChI is InChI=1S/C17H13N3OS/c1-2-5-13(6-3-1)15-8-9-20(19-15)11-14-12-21-17(18-14)16-7-4-10-22-16/h1-10,12H,11H2. The molecule has 0 bridgehead atoms. The molecular formula is C17H13N3OS. The molecule has 0 amide bonds. The van der Waals surface area contributed by atoms with Crippen LogP contribution in [0.1, 0.15) is 5.69 Å². The monoisotopic (exact) mass is 307 g/mol. The summed E-state index contributed by atoms with van der Waals surface area (Å²) >= 11 is 1.62. The fourth-order valence-corrected chi connectivity index (χ4v) is 2.93. The number of aromatic nitrogens is 3. The molecule has 108 valence electrons. The molecule has 4 rings (SSSR count). The molecule has 3 aromatic heterocycles. The average molecular weight is 307 g/mol. The number of oxazole rings is 1. The molecule has 0 aliphatic heterocycles. The Labute approximate surface area is 131 Å². The predicted octanol–water partition coefficient (Wildman–Crippen LogP) is 4.31. The van der Waals surface area contributed by atoms with Crippen molar-refractivity contribution in [3.63, 3.8) is 0 Å². The van der Waals surface area contributed by atoms with Gasteiger partial charge in [-0.25, -0.2) is 4.98 Å². The van der Waals surface area contributed by atoms with Crippen molar-refractivity contribution in [2.45, 2.75) is 6.54 Å². The van der Waals surface area contributed by atoms with Gasteiger partial charge >= 0.3 is 0 Å². The molecule has 0 spiro atoms. The molecular weight excluding hydrogens is 294 g/mol. The van der Waals surface area contributed by atoms with E-state index in [9.17, 15) is 0 Å². The summed E-state index contributed by atoms with van der Waals surface area (Å²) in [6.45, 7) is 0.599. The predicted molar refractivity (Wildman–Crippen MR) is 86.6 cm³/mol. The second-order valence-corrected chi connectivity index (χ2v) is 5.83. The minimum atomic E-state index is 0.599. The number of hydrogen-bond acceptors (Lipinski definition) is 4. The van der Waals surface area contributed by atoms with Crippen molar-refractivity contribution < 1.29 is 4.42 Å². The van der Waals surface area contributed by atoms with Gasteiger partial charge in [0.25, 0.3) is 0 Å². The normalized spacial score (nSPS) is 10.9. The average Bonchev–Trinajstić information content (AvgIpc) is 3.30. The first-order chi connectivity index (χ1) is 10.9. The molecule has 0 unspecified atom stereocenters. The van der Waals surface area contributed by atoms with Crippen molar-refractivity contribution in [3.8, 4) is 22.0 Å². The van der Waals surface area contributed by atoms with Crippen molar-refractivity contribution in [2.75, 3.05) is 0 Å². The zero-order valence-electron chi connectivity index (χ0n) is 11.7. The molecule has 0 N–H and O–H groups in total. The Kier molecular flexibility index (Phi) is 3.33. The van der Waals surface area contributed by atoms with E-state index in [1.54, 1.807) is 17.6 Å². The summed E-state index contributed by atoms with van der Waals surface area (Å²) < 4.78 is 7.40. The van der Waals surface area contributed by atoms with E-state index >= 15 is 0 Å². The third kappa shape index (κ3) is 2.58. The molecule has 0 aliphatic carbocycles. The van der Waals surface area contributed by atoms with E-state index in [0.717, 1.165) is 21.8 Å². The second kappa shape index (κ2) is 5.61. The van der Waals surface area contributed by atoms with Gasteiger partial charge < -0.3 is 4.42 Å². The fraction of sp³-hybridized carbons (Fsp3) is 0.0588. The first kappa shape index (κ1) is 13.0. The van der Waals surface area contributed by atoms with Gasteiger partial charge in [-0.1, -0.05) is 36.4 Å². The Morgan fingerprint density at radius 3 is 2.77 bits per heavy atom. The highest BCUT2D eigenvalue weighted by molar-refractivity contribution is 7.13. The van der Waals surface area contributed by atoms with Gasteiger partial charge in [-0.15, -0.1) is 11.3 Å². The van der Waals surface area contributed by atoms with Gasteiger partial charge in [0.2, 0.25) is 5.89 Å². The molecule has 5 heteroatoms. The van der Waals surface area contributed by atoms with Gasteiger partial charge in [-0.3, -0.25) is 4.68 Å². The minimum Gasteiger partial charge on any atom is -0.443 e. The third-order valence-electron chi connectivity index (χ3n) is 3.32. The van der Waals surface area contributed by atoms with Gasteiger partial charge in [0, 0.05) is 11.8 Å². The largest absolute Gasteiger partial charge is 0.443 e. The van der Waals surface area contributed by atoms with Gasteiger partial charge in [0.05, 0.1) is 17.1 Å². The Morgan fingerprint density at radius 1 is 1.05 bits per heavy atom. The van der Waals surface area contributed by atoms with Crippen LogP contribution in [0, 0.1) is 0 Å². The lowest BCUT2D eigenvalue weighted by molar-refractivity contribution is 0.571. The van der Waals surface area contributed by atoms with Crippen LogP contribution >= 0.6 is 11.3 Å². The van der Waals surface area contributed by atoms with Crippen LogP contribution in [0.15, 0.2) is 70.8 Å². The number of nitrogens with zero attached hydrogens (tertiary/aromatic N) is 3. The van der Waals surface area contributed by atoms with Crippen LogP contribution in [0.3, 0.4) is 0 Å². The van der Waals surface area contributed by atoms with Crippen LogP contribution in [-0.2, 0) is 6.54 Å². The Bertz CT molecular complexity index is 862. The van der Waals surface area contributed by atoms with Crippen LogP contribution < -0.4 is 0 Å². The van der Waals surface area contributed by atoms with Crippen molar-refractivity contribution in [3.05, 3.63) is 72.1 Å². The lowest BCUT2D eigenvalue weighted by Gasteiger charge is -1.97. The maximum atomic E-state index is 5.53. The lowest BCUT2D eigenvalue weighted by atomic mass is 10.2. The van der Waals surface area contributed by atoms with E-state index in [-0.39, 0.29) is 0 Å². The van der Waals surface area contributed by atoms with E-state index in [1.807, 2.05) is 52.7 Å². The van der Waals surface area contributed by atoms with Crippen LogP contribution in [0.2, 0.25) is 0 Å². The highest BCUT2D eigenvalue weighted by atomic mass is 32.1. The molecule has 4 aromatic rings. The molecule has 0 saturated carbocycles. The first-order valence-corrected chi connectivity index (χ1v) is 7.83. The van der Waals surface area contributed by atoms with E-state index in [1.165, 1.54) is 0 Å². The molecule has 22 heavy (non-hydrogen) atoms. The van der Waals surface area contributed by atoms with Crippen molar-refractivity contribution in [2.24, 2.45) is 0 Å². The summed E-state index contributed by atoms with van der Waals surface area (Å²) in [6.07, 6.45) is 3.65. The Hall–Kier alpha value is -2.66. The molecule has 3 heterocycles. The van der Waals surface area contributed by atoms with Gasteiger partial charge in [0.1, 0.15) is 12.0 Å². The number of benzene rings is 1. The van der Waals surface area contributed by atoms with Gasteiger partial charge in [-0.05, 0) is 17.5 Å². The zero-order valence-corrected chi connectivity index (χ0v) is 12.5. The van der Waals surface area contributed by atoms with Gasteiger partial charge in [0.15, 0.2) is 0 Å². The minimum absolute atomic E-state index is 0.599. The molecule has 0 atom stereocenters. The maximum absolute atomic E-state index is 5.53. The number of rotatable bonds is 4. The SMILES string of the molecule is c1ccc(-c2ccn(Cc3coc(-c4cccs4)n3)n2)cc1. The molecule has 4 nitrogen and oxygen atoms in total. The quantitative estimate of drug-likeness (QED) is 0.564. The lowest BCUT2D eigenvalue weighted by Crippen LogP contribution is -2.00.